The van der Waals surface area contributed by atoms with Gasteiger partial charge in [0.25, 0.3) is 0 Å². The van der Waals surface area contributed by atoms with E-state index in [0.717, 1.165) is 12.0 Å². The predicted octanol–water partition coefficient (Wildman–Crippen LogP) is 4.23. The quantitative estimate of drug-likeness (QED) is 0.798. The Hall–Kier alpha value is -0.770. The zero-order valence-corrected chi connectivity index (χ0v) is 13.8. The van der Waals surface area contributed by atoms with Gasteiger partial charge in [-0.1, -0.05) is 50.0 Å². The van der Waals surface area contributed by atoms with Crippen LogP contribution in [0.1, 0.15) is 38.8 Å². The maximum Gasteiger partial charge on any atom is 0.323 e. The Balaban J connectivity index is 2.94. The minimum Gasteiger partial charge on any atom is -0.468 e. The van der Waals surface area contributed by atoms with Crippen LogP contribution in [0, 0.1) is 5.92 Å². The number of esters is 1. The van der Waals surface area contributed by atoms with Crippen molar-refractivity contribution in [1.29, 1.82) is 0 Å². The maximum atomic E-state index is 11.8. The highest BCUT2D eigenvalue weighted by molar-refractivity contribution is 6.42. The third-order valence-corrected chi connectivity index (χ3v) is 4.00. The van der Waals surface area contributed by atoms with Crippen molar-refractivity contribution in [1.82, 2.24) is 5.32 Å². The van der Waals surface area contributed by atoms with E-state index in [0.29, 0.717) is 10.0 Å². The highest BCUT2D eigenvalue weighted by Gasteiger charge is 2.26. The molecule has 0 aliphatic heterocycles. The summed E-state index contributed by atoms with van der Waals surface area (Å²) in [5, 5.41) is 4.38. The van der Waals surface area contributed by atoms with Crippen LogP contribution in [0.5, 0.6) is 0 Å². The number of hydrogen-bond donors (Lipinski definition) is 1. The van der Waals surface area contributed by atoms with Gasteiger partial charge in [0.05, 0.1) is 17.2 Å². The number of methoxy groups -OCH3 is 1. The molecule has 0 bridgehead atoms. The first-order valence-corrected chi connectivity index (χ1v) is 7.45. The van der Waals surface area contributed by atoms with Gasteiger partial charge >= 0.3 is 5.97 Å². The molecule has 5 heteroatoms. The molecule has 1 aromatic carbocycles. The smallest absolute Gasteiger partial charge is 0.323 e. The molecular formula is C15H21Cl2NO2. The van der Waals surface area contributed by atoms with Gasteiger partial charge in [-0.05, 0) is 30.0 Å². The van der Waals surface area contributed by atoms with E-state index >= 15 is 0 Å². The van der Waals surface area contributed by atoms with E-state index in [4.69, 9.17) is 27.9 Å². The van der Waals surface area contributed by atoms with Crippen LogP contribution in [0.3, 0.4) is 0 Å². The van der Waals surface area contributed by atoms with Crippen molar-refractivity contribution < 1.29 is 9.53 Å². The predicted molar refractivity (Wildman–Crippen MR) is 83.3 cm³/mol. The van der Waals surface area contributed by atoms with Crippen LogP contribution in [-0.4, -0.2) is 19.1 Å². The number of ether oxygens (including phenoxy) is 1. The summed E-state index contributed by atoms with van der Waals surface area (Å²) in [6, 6.07) is 5.20. The number of benzene rings is 1. The third-order valence-electron chi connectivity index (χ3n) is 3.26. The summed E-state index contributed by atoms with van der Waals surface area (Å²) >= 11 is 12.0. The number of nitrogens with one attached hydrogen (secondary N) is 1. The van der Waals surface area contributed by atoms with Crippen LogP contribution in [-0.2, 0) is 9.53 Å². The minimum absolute atomic E-state index is 0.0243. The average Bonchev–Trinajstić information content (AvgIpc) is 2.42. The number of hydrogen-bond acceptors (Lipinski definition) is 3. The monoisotopic (exact) mass is 317 g/mol. The van der Waals surface area contributed by atoms with Gasteiger partial charge in [0.2, 0.25) is 0 Å². The van der Waals surface area contributed by atoms with E-state index in [1.54, 1.807) is 6.07 Å². The number of carbonyl (C=O) groups excluding carboxylic acids is 1. The van der Waals surface area contributed by atoms with Crippen molar-refractivity contribution in [3.8, 4) is 0 Å². The molecule has 3 nitrogen and oxygen atoms in total. The van der Waals surface area contributed by atoms with Crippen molar-refractivity contribution in [2.24, 2.45) is 5.92 Å². The Morgan fingerprint density at radius 3 is 2.40 bits per heavy atom. The van der Waals surface area contributed by atoms with Crippen LogP contribution < -0.4 is 5.32 Å². The molecule has 0 saturated carbocycles. The summed E-state index contributed by atoms with van der Waals surface area (Å²) in [7, 11) is 1.40. The molecule has 112 valence electrons. The number of rotatable bonds is 6. The molecule has 20 heavy (non-hydrogen) atoms. The molecule has 0 aliphatic rings. The van der Waals surface area contributed by atoms with Gasteiger partial charge in [-0.2, -0.15) is 0 Å². The van der Waals surface area contributed by atoms with Crippen molar-refractivity contribution in [3.05, 3.63) is 33.8 Å². The Labute approximate surface area is 130 Å². The first-order valence-electron chi connectivity index (χ1n) is 6.69. The normalized spacial score (nSPS) is 14.2. The zero-order chi connectivity index (χ0) is 15.3. The summed E-state index contributed by atoms with van der Waals surface area (Å²) in [5.74, 6) is -0.113. The first kappa shape index (κ1) is 17.3. The van der Waals surface area contributed by atoms with Crippen molar-refractivity contribution in [2.45, 2.75) is 39.3 Å². The molecule has 0 spiro atoms. The summed E-state index contributed by atoms with van der Waals surface area (Å²) in [4.78, 5) is 11.8. The molecule has 0 aromatic heterocycles. The van der Waals surface area contributed by atoms with Gasteiger partial charge in [0, 0.05) is 6.04 Å². The average molecular weight is 318 g/mol. The van der Waals surface area contributed by atoms with Crippen LogP contribution in [0.25, 0.3) is 0 Å². The van der Waals surface area contributed by atoms with Crippen molar-refractivity contribution in [3.63, 3.8) is 0 Å². The number of halogens is 2. The highest BCUT2D eigenvalue weighted by atomic mass is 35.5. The molecule has 0 heterocycles. The lowest BCUT2D eigenvalue weighted by molar-refractivity contribution is -0.144. The lowest BCUT2D eigenvalue weighted by Crippen LogP contribution is -2.43. The number of carbonyl (C=O) groups is 1. The standard InChI is InChI=1S/C15H21Cl2NO2/c1-5-13(10-6-7-11(16)12(17)8-10)18-14(9(2)3)15(19)20-4/h6-9,13-14,18H,5H2,1-4H3. The van der Waals surface area contributed by atoms with E-state index in [1.807, 2.05) is 26.0 Å². The zero-order valence-electron chi connectivity index (χ0n) is 12.2. The summed E-state index contributed by atoms with van der Waals surface area (Å²) in [6.45, 7) is 6.02. The Kier molecular flexibility index (Phi) is 6.80. The fourth-order valence-electron chi connectivity index (χ4n) is 2.06. The summed E-state index contributed by atoms with van der Waals surface area (Å²) < 4.78 is 4.85. The molecule has 0 radical (unpaired) electrons. The highest BCUT2D eigenvalue weighted by Crippen LogP contribution is 2.27. The van der Waals surface area contributed by atoms with E-state index in [1.165, 1.54) is 7.11 Å². The summed E-state index contributed by atoms with van der Waals surface area (Å²) in [6.07, 6.45) is 0.832. The van der Waals surface area contributed by atoms with Crippen LogP contribution in [0.15, 0.2) is 18.2 Å². The topological polar surface area (TPSA) is 38.3 Å². The Morgan fingerprint density at radius 1 is 1.30 bits per heavy atom. The molecule has 1 N–H and O–H groups in total. The van der Waals surface area contributed by atoms with Crippen molar-refractivity contribution >= 4 is 29.2 Å². The fraction of sp³-hybridized carbons (Fsp3) is 0.533. The largest absolute Gasteiger partial charge is 0.468 e. The van der Waals surface area contributed by atoms with E-state index in [9.17, 15) is 4.79 Å². The molecule has 0 fully saturated rings. The lowest BCUT2D eigenvalue weighted by atomic mass is 9.99. The van der Waals surface area contributed by atoms with E-state index < -0.39 is 0 Å². The minimum atomic E-state index is -0.348. The Bertz CT molecular complexity index is 463. The molecule has 2 atom stereocenters. The van der Waals surface area contributed by atoms with Gasteiger partial charge in [-0.15, -0.1) is 0 Å². The van der Waals surface area contributed by atoms with Gasteiger partial charge < -0.3 is 4.74 Å². The third kappa shape index (κ3) is 4.37. The van der Waals surface area contributed by atoms with Gasteiger partial charge in [-0.25, -0.2) is 0 Å². The van der Waals surface area contributed by atoms with Crippen LogP contribution in [0.2, 0.25) is 10.0 Å². The van der Waals surface area contributed by atoms with Gasteiger partial charge in [0.15, 0.2) is 0 Å². The van der Waals surface area contributed by atoms with E-state index in [2.05, 4.69) is 12.2 Å². The second kappa shape index (κ2) is 7.87. The second-order valence-corrected chi connectivity index (χ2v) is 5.86. The molecule has 0 saturated heterocycles. The van der Waals surface area contributed by atoms with Crippen LogP contribution in [0.4, 0.5) is 0 Å². The van der Waals surface area contributed by atoms with E-state index in [-0.39, 0.29) is 24.0 Å². The summed E-state index contributed by atoms with van der Waals surface area (Å²) in [5.41, 5.74) is 1.01. The fourth-order valence-corrected chi connectivity index (χ4v) is 2.36. The van der Waals surface area contributed by atoms with Crippen LogP contribution >= 0.6 is 23.2 Å². The molecular weight excluding hydrogens is 297 g/mol. The second-order valence-electron chi connectivity index (χ2n) is 5.05. The molecule has 0 amide bonds. The lowest BCUT2D eigenvalue weighted by Gasteiger charge is -2.26. The first-order chi connectivity index (χ1) is 9.40. The Morgan fingerprint density at radius 2 is 1.95 bits per heavy atom. The SMILES string of the molecule is CCC(NC(C(=O)OC)C(C)C)c1ccc(Cl)c(Cl)c1. The van der Waals surface area contributed by atoms with Gasteiger partial charge in [0.1, 0.15) is 6.04 Å². The molecule has 0 aliphatic carbocycles. The van der Waals surface area contributed by atoms with Crippen molar-refractivity contribution in [2.75, 3.05) is 7.11 Å². The van der Waals surface area contributed by atoms with Gasteiger partial charge in [-0.3, -0.25) is 10.1 Å². The molecule has 1 rings (SSSR count). The maximum absolute atomic E-state index is 11.8. The molecule has 2 unspecified atom stereocenters. The molecule has 1 aromatic rings.